The van der Waals surface area contributed by atoms with E-state index in [1.807, 2.05) is 6.07 Å². The maximum absolute atomic E-state index is 11.7. The second-order valence-corrected chi connectivity index (χ2v) is 4.80. The number of rotatable bonds is 3. The lowest BCUT2D eigenvalue weighted by Gasteiger charge is -1.96. The summed E-state index contributed by atoms with van der Waals surface area (Å²) in [6, 6.07) is 7.03. The van der Waals surface area contributed by atoms with Crippen LogP contribution >= 0.6 is 22.9 Å². The van der Waals surface area contributed by atoms with Crippen molar-refractivity contribution in [1.82, 2.24) is 0 Å². The molecule has 88 valence electrons. The molecule has 1 aromatic heterocycles. The highest BCUT2D eigenvalue weighted by Gasteiger charge is 2.20. The maximum Gasteiger partial charge on any atom is 0.380 e. The summed E-state index contributed by atoms with van der Waals surface area (Å²) >= 11 is 7.23. The van der Waals surface area contributed by atoms with Crippen molar-refractivity contribution in [1.29, 1.82) is 0 Å². The Bertz CT molecular complexity index is 588. The second kappa shape index (κ2) is 4.85. The summed E-state index contributed by atoms with van der Waals surface area (Å²) in [7, 11) is 0. The van der Waals surface area contributed by atoms with E-state index in [0.717, 1.165) is 10.1 Å². The molecule has 2 aromatic rings. The lowest BCUT2D eigenvalue weighted by atomic mass is 10.2. The normalized spacial score (nSPS) is 10.5. The highest BCUT2D eigenvalue weighted by Crippen LogP contribution is 2.31. The molecule has 0 bridgehead atoms. The Morgan fingerprint density at radius 3 is 2.82 bits per heavy atom. The maximum atomic E-state index is 11.7. The summed E-state index contributed by atoms with van der Waals surface area (Å²) in [6.07, 6.45) is 0. The predicted molar refractivity (Wildman–Crippen MR) is 67.8 cm³/mol. The Balaban J connectivity index is 2.40. The molecule has 0 radical (unpaired) electrons. The number of hydrogen-bond donors (Lipinski definition) is 0. The van der Waals surface area contributed by atoms with Crippen LogP contribution in [0.15, 0.2) is 24.3 Å². The van der Waals surface area contributed by atoms with E-state index in [1.165, 1.54) is 11.3 Å². The van der Waals surface area contributed by atoms with Gasteiger partial charge < -0.3 is 4.74 Å². The van der Waals surface area contributed by atoms with Crippen LogP contribution in [0.4, 0.5) is 0 Å². The topological polar surface area (TPSA) is 43.4 Å². The monoisotopic (exact) mass is 268 g/mol. The Hall–Kier alpha value is -1.39. The Morgan fingerprint density at radius 2 is 2.18 bits per heavy atom. The zero-order chi connectivity index (χ0) is 12.4. The molecular weight excluding hydrogens is 260 g/mol. The van der Waals surface area contributed by atoms with E-state index in [2.05, 4.69) is 4.74 Å². The number of esters is 1. The first-order valence-electron chi connectivity index (χ1n) is 5.03. The summed E-state index contributed by atoms with van der Waals surface area (Å²) < 4.78 is 5.55. The van der Waals surface area contributed by atoms with Gasteiger partial charge in [-0.1, -0.05) is 17.7 Å². The Labute approximate surface area is 107 Å². The van der Waals surface area contributed by atoms with Crippen molar-refractivity contribution < 1.29 is 14.3 Å². The molecule has 0 N–H and O–H groups in total. The first-order chi connectivity index (χ1) is 8.13. The van der Waals surface area contributed by atoms with Crippen molar-refractivity contribution in [3.05, 3.63) is 34.2 Å². The zero-order valence-electron chi connectivity index (χ0n) is 9.03. The fourth-order valence-corrected chi connectivity index (χ4v) is 2.73. The third-order valence-corrected chi connectivity index (χ3v) is 3.62. The first kappa shape index (κ1) is 12.1. The lowest BCUT2D eigenvalue weighted by molar-refractivity contribution is -0.137. The number of benzene rings is 1. The predicted octanol–water partition coefficient (Wildman–Crippen LogP) is 3.30. The number of ketones is 1. The smallest absolute Gasteiger partial charge is 0.380 e. The number of Topliss-reactive ketones (excluding diaryl/α,β-unsaturated/α-hetero) is 1. The number of ether oxygens (including phenoxy) is 1. The van der Waals surface area contributed by atoms with Gasteiger partial charge in [0, 0.05) is 15.1 Å². The van der Waals surface area contributed by atoms with Crippen LogP contribution in [0.3, 0.4) is 0 Å². The minimum Gasteiger partial charge on any atom is -0.460 e. The molecule has 0 saturated heterocycles. The van der Waals surface area contributed by atoms with Crippen LogP contribution in [0.5, 0.6) is 0 Å². The van der Waals surface area contributed by atoms with E-state index in [9.17, 15) is 9.59 Å². The van der Waals surface area contributed by atoms with Gasteiger partial charge in [0.25, 0.3) is 5.78 Å². The van der Waals surface area contributed by atoms with Gasteiger partial charge in [-0.15, -0.1) is 11.3 Å². The summed E-state index contributed by atoms with van der Waals surface area (Å²) in [4.78, 5) is 23.4. The third kappa shape index (κ3) is 2.33. The summed E-state index contributed by atoms with van der Waals surface area (Å²) in [5, 5.41) is 1.36. The van der Waals surface area contributed by atoms with Crippen molar-refractivity contribution in [2.24, 2.45) is 0 Å². The van der Waals surface area contributed by atoms with Gasteiger partial charge in [-0.25, -0.2) is 4.79 Å². The molecule has 0 unspecified atom stereocenters. The van der Waals surface area contributed by atoms with Crippen molar-refractivity contribution in [3.63, 3.8) is 0 Å². The summed E-state index contributed by atoms with van der Waals surface area (Å²) in [6.45, 7) is 1.85. The van der Waals surface area contributed by atoms with Gasteiger partial charge in [0.2, 0.25) is 0 Å². The fraction of sp³-hybridized carbons (Fsp3) is 0.167. The van der Waals surface area contributed by atoms with Crippen LogP contribution in [0.1, 0.15) is 16.6 Å². The minimum absolute atomic E-state index is 0.191. The molecule has 5 heteroatoms. The quantitative estimate of drug-likeness (QED) is 0.487. The molecule has 1 heterocycles. The summed E-state index contributed by atoms with van der Waals surface area (Å²) in [5.74, 6) is -1.45. The van der Waals surface area contributed by atoms with E-state index in [4.69, 9.17) is 11.6 Å². The van der Waals surface area contributed by atoms with E-state index in [0.29, 0.717) is 9.90 Å². The average molecular weight is 269 g/mol. The van der Waals surface area contributed by atoms with Crippen molar-refractivity contribution >= 4 is 44.8 Å². The number of fused-ring (bicyclic) bond motifs is 1. The third-order valence-electron chi connectivity index (χ3n) is 2.19. The number of hydrogen-bond acceptors (Lipinski definition) is 4. The average Bonchev–Trinajstić information content (AvgIpc) is 2.73. The number of carbonyl (C=O) groups excluding carboxylic acids is 2. The Kier molecular flexibility index (Phi) is 3.45. The lowest BCUT2D eigenvalue weighted by Crippen LogP contribution is -2.16. The van der Waals surface area contributed by atoms with Crippen LogP contribution in [-0.4, -0.2) is 18.4 Å². The molecule has 3 nitrogen and oxygen atoms in total. The highest BCUT2D eigenvalue weighted by molar-refractivity contribution is 7.21. The Morgan fingerprint density at radius 1 is 1.41 bits per heavy atom. The molecular formula is C12H9ClO3S. The van der Waals surface area contributed by atoms with Crippen molar-refractivity contribution in [3.8, 4) is 0 Å². The molecule has 0 atom stereocenters. The number of carbonyl (C=O) groups is 2. The van der Waals surface area contributed by atoms with E-state index < -0.39 is 11.8 Å². The second-order valence-electron chi connectivity index (χ2n) is 3.31. The SMILES string of the molecule is CCOC(=O)C(=O)c1cc2c(Cl)cccc2s1. The van der Waals surface area contributed by atoms with Crippen molar-refractivity contribution in [2.75, 3.05) is 6.61 Å². The molecule has 0 aliphatic heterocycles. The molecule has 1 aromatic carbocycles. The van der Waals surface area contributed by atoms with Gasteiger partial charge >= 0.3 is 5.97 Å². The van der Waals surface area contributed by atoms with Crippen LogP contribution in [0.25, 0.3) is 10.1 Å². The van der Waals surface area contributed by atoms with Crippen LogP contribution < -0.4 is 0 Å². The van der Waals surface area contributed by atoms with Crippen LogP contribution in [0, 0.1) is 0 Å². The number of halogens is 1. The van der Waals surface area contributed by atoms with Crippen molar-refractivity contribution in [2.45, 2.75) is 6.92 Å². The van der Waals surface area contributed by atoms with Gasteiger partial charge in [0.1, 0.15) is 0 Å². The molecule has 0 amide bonds. The molecule has 0 aliphatic rings. The van der Waals surface area contributed by atoms with E-state index in [1.54, 1.807) is 25.1 Å². The molecule has 0 aliphatic carbocycles. The van der Waals surface area contributed by atoms with Gasteiger partial charge in [-0.05, 0) is 25.1 Å². The molecule has 17 heavy (non-hydrogen) atoms. The highest BCUT2D eigenvalue weighted by atomic mass is 35.5. The first-order valence-corrected chi connectivity index (χ1v) is 6.22. The molecule has 0 saturated carbocycles. The molecule has 2 rings (SSSR count). The van der Waals surface area contributed by atoms with Gasteiger partial charge in [0.05, 0.1) is 11.5 Å². The van der Waals surface area contributed by atoms with Gasteiger partial charge in [0.15, 0.2) is 0 Å². The summed E-state index contributed by atoms with van der Waals surface area (Å²) in [5.41, 5.74) is 0. The van der Waals surface area contributed by atoms with E-state index >= 15 is 0 Å². The standard InChI is InChI=1S/C12H9ClO3S/c1-2-16-12(15)11(14)10-6-7-8(13)4-3-5-9(7)17-10/h3-6H,2H2,1H3. The fourth-order valence-electron chi connectivity index (χ4n) is 1.43. The molecule has 0 fully saturated rings. The van der Waals surface area contributed by atoms with Gasteiger partial charge in [-0.3, -0.25) is 4.79 Å². The zero-order valence-corrected chi connectivity index (χ0v) is 10.6. The largest absolute Gasteiger partial charge is 0.460 e. The molecule has 0 spiro atoms. The van der Waals surface area contributed by atoms with Gasteiger partial charge in [-0.2, -0.15) is 0 Å². The van der Waals surface area contributed by atoms with Crippen LogP contribution in [-0.2, 0) is 9.53 Å². The van der Waals surface area contributed by atoms with E-state index in [-0.39, 0.29) is 6.61 Å². The minimum atomic E-state index is -0.824. The van der Waals surface area contributed by atoms with Crippen LogP contribution in [0.2, 0.25) is 5.02 Å². The number of thiophene rings is 1.